The molecule has 1 unspecified atom stereocenters. The van der Waals surface area contributed by atoms with Crippen molar-refractivity contribution in [2.45, 2.75) is 57.9 Å². The Morgan fingerprint density at radius 2 is 1.90 bits per heavy atom. The molecule has 3 nitrogen and oxygen atoms in total. The van der Waals surface area contributed by atoms with Crippen LogP contribution in [0.25, 0.3) is 10.9 Å². The Balaban J connectivity index is 1.94. The molecule has 0 saturated heterocycles. The number of benzene rings is 1. The molecule has 1 aromatic carbocycles. The van der Waals surface area contributed by atoms with Crippen molar-refractivity contribution < 1.29 is 0 Å². The molecule has 0 amide bonds. The van der Waals surface area contributed by atoms with Crippen LogP contribution in [-0.2, 0) is 13.5 Å². The molecular formula is C18H29N3. The highest BCUT2D eigenvalue weighted by molar-refractivity contribution is 5.81. The van der Waals surface area contributed by atoms with Gasteiger partial charge in [-0.1, -0.05) is 57.2 Å². The van der Waals surface area contributed by atoms with Crippen molar-refractivity contribution in [1.29, 1.82) is 0 Å². The minimum Gasteiger partial charge on any atom is -0.317 e. The maximum Gasteiger partial charge on any atom is 0.0718 e. The van der Waals surface area contributed by atoms with Crippen LogP contribution >= 0.6 is 0 Å². The number of rotatable bonds is 9. The lowest BCUT2D eigenvalue weighted by molar-refractivity contribution is 0.477. The zero-order valence-corrected chi connectivity index (χ0v) is 13.7. The smallest absolute Gasteiger partial charge is 0.0718 e. The van der Waals surface area contributed by atoms with Crippen molar-refractivity contribution in [2.75, 3.05) is 7.05 Å². The summed E-state index contributed by atoms with van der Waals surface area (Å²) in [5.41, 5.74) is 2.45. The second-order valence-corrected chi connectivity index (χ2v) is 5.98. The number of hydrogen-bond acceptors (Lipinski definition) is 2. The lowest BCUT2D eigenvalue weighted by atomic mass is 10.0. The lowest BCUT2D eigenvalue weighted by Gasteiger charge is -2.15. The molecule has 0 fully saturated rings. The number of nitrogens with one attached hydrogen (secondary N) is 1. The van der Waals surface area contributed by atoms with Crippen LogP contribution in [0.2, 0.25) is 0 Å². The van der Waals surface area contributed by atoms with Gasteiger partial charge in [0.2, 0.25) is 0 Å². The van der Waals surface area contributed by atoms with Crippen LogP contribution in [0.5, 0.6) is 0 Å². The van der Waals surface area contributed by atoms with Crippen molar-refractivity contribution in [1.82, 2.24) is 15.1 Å². The Morgan fingerprint density at radius 3 is 2.67 bits per heavy atom. The molecule has 0 spiro atoms. The van der Waals surface area contributed by atoms with Gasteiger partial charge in [0.1, 0.15) is 0 Å². The minimum atomic E-state index is 0.532. The molecule has 0 bridgehead atoms. The summed E-state index contributed by atoms with van der Waals surface area (Å²) < 4.78 is 2.00. The van der Waals surface area contributed by atoms with Gasteiger partial charge in [-0.3, -0.25) is 4.68 Å². The third-order valence-electron chi connectivity index (χ3n) is 4.34. The molecule has 116 valence electrons. The normalized spacial score (nSPS) is 12.9. The molecule has 0 saturated carbocycles. The third kappa shape index (κ3) is 4.31. The van der Waals surface area contributed by atoms with Gasteiger partial charge in [0.25, 0.3) is 0 Å². The Hall–Kier alpha value is -1.35. The number of aromatic nitrogens is 2. The molecule has 2 rings (SSSR count). The summed E-state index contributed by atoms with van der Waals surface area (Å²) in [7, 11) is 4.10. The molecule has 1 N–H and O–H groups in total. The predicted octanol–water partition coefficient (Wildman–Crippen LogP) is 4.06. The van der Waals surface area contributed by atoms with E-state index in [-0.39, 0.29) is 0 Å². The van der Waals surface area contributed by atoms with E-state index < -0.39 is 0 Å². The summed E-state index contributed by atoms with van der Waals surface area (Å²) in [6.45, 7) is 2.27. The lowest BCUT2D eigenvalue weighted by Crippen LogP contribution is -2.27. The summed E-state index contributed by atoms with van der Waals surface area (Å²) in [4.78, 5) is 0. The van der Waals surface area contributed by atoms with Crippen LogP contribution in [-0.4, -0.2) is 22.9 Å². The van der Waals surface area contributed by atoms with Crippen LogP contribution in [0.1, 0.15) is 51.1 Å². The van der Waals surface area contributed by atoms with Gasteiger partial charge in [0, 0.05) is 24.9 Å². The van der Waals surface area contributed by atoms with Crippen LogP contribution < -0.4 is 5.32 Å². The number of hydrogen-bond donors (Lipinski definition) is 1. The van der Waals surface area contributed by atoms with Crippen molar-refractivity contribution in [3.05, 3.63) is 30.0 Å². The topological polar surface area (TPSA) is 29.9 Å². The molecule has 0 aliphatic rings. The maximum absolute atomic E-state index is 4.71. The number of unbranched alkanes of at least 4 members (excludes halogenated alkanes) is 4. The van der Waals surface area contributed by atoms with E-state index in [0.29, 0.717) is 6.04 Å². The van der Waals surface area contributed by atoms with E-state index in [1.165, 1.54) is 55.1 Å². The molecule has 0 radical (unpaired) electrons. The van der Waals surface area contributed by atoms with E-state index in [0.717, 1.165) is 6.42 Å². The van der Waals surface area contributed by atoms with E-state index in [2.05, 4.69) is 43.6 Å². The standard InChI is InChI=1S/C18H29N3/c1-4-5-6-7-8-11-15(19-2)14-17-16-12-9-10-13-18(16)21(3)20-17/h9-10,12-13,15,19H,4-8,11,14H2,1-3H3. The highest BCUT2D eigenvalue weighted by Crippen LogP contribution is 2.20. The first-order valence-corrected chi connectivity index (χ1v) is 8.34. The largest absolute Gasteiger partial charge is 0.317 e. The summed E-state index contributed by atoms with van der Waals surface area (Å²) in [6.07, 6.45) is 8.99. The van der Waals surface area contributed by atoms with Crippen molar-refractivity contribution >= 4 is 10.9 Å². The van der Waals surface area contributed by atoms with Gasteiger partial charge < -0.3 is 5.32 Å². The van der Waals surface area contributed by atoms with Crippen molar-refractivity contribution in [3.8, 4) is 0 Å². The van der Waals surface area contributed by atoms with Crippen molar-refractivity contribution in [2.24, 2.45) is 7.05 Å². The quantitative estimate of drug-likeness (QED) is 0.705. The van der Waals surface area contributed by atoms with Crippen LogP contribution in [0.15, 0.2) is 24.3 Å². The van der Waals surface area contributed by atoms with E-state index in [4.69, 9.17) is 5.10 Å². The summed E-state index contributed by atoms with van der Waals surface area (Å²) in [5.74, 6) is 0. The molecule has 1 atom stereocenters. The number of para-hydroxylation sites is 1. The van der Waals surface area contributed by atoms with E-state index in [1.54, 1.807) is 0 Å². The molecule has 0 aliphatic carbocycles. The Kier molecular flexibility index (Phi) is 6.24. The third-order valence-corrected chi connectivity index (χ3v) is 4.34. The van der Waals surface area contributed by atoms with Gasteiger partial charge >= 0.3 is 0 Å². The van der Waals surface area contributed by atoms with Gasteiger partial charge in [0.15, 0.2) is 0 Å². The van der Waals surface area contributed by atoms with E-state index in [9.17, 15) is 0 Å². The Morgan fingerprint density at radius 1 is 1.14 bits per heavy atom. The maximum atomic E-state index is 4.71. The Bertz CT molecular complexity index is 544. The second-order valence-electron chi connectivity index (χ2n) is 5.98. The summed E-state index contributed by atoms with van der Waals surface area (Å²) in [5, 5.41) is 9.48. The monoisotopic (exact) mass is 287 g/mol. The predicted molar refractivity (Wildman–Crippen MR) is 90.6 cm³/mol. The summed E-state index contributed by atoms with van der Waals surface area (Å²) >= 11 is 0. The molecule has 3 heteroatoms. The molecule has 0 aliphatic heterocycles. The first kappa shape index (κ1) is 16.0. The first-order chi connectivity index (χ1) is 10.3. The highest BCUT2D eigenvalue weighted by atomic mass is 15.3. The number of likely N-dealkylation sites (N-methyl/N-ethyl adjacent to an activating group) is 1. The minimum absolute atomic E-state index is 0.532. The average molecular weight is 287 g/mol. The van der Waals surface area contributed by atoms with Gasteiger partial charge in [-0.2, -0.15) is 5.10 Å². The molecule has 2 aromatic rings. The number of nitrogens with zero attached hydrogens (tertiary/aromatic N) is 2. The zero-order valence-electron chi connectivity index (χ0n) is 13.7. The van der Waals surface area contributed by atoms with Gasteiger partial charge in [-0.25, -0.2) is 0 Å². The van der Waals surface area contributed by atoms with Gasteiger partial charge in [0.05, 0.1) is 11.2 Å². The second kappa shape index (κ2) is 8.18. The number of aryl methyl sites for hydroxylation is 1. The first-order valence-electron chi connectivity index (χ1n) is 8.34. The van der Waals surface area contributed by atoms with Crippen LogP contribution in [0.4, 0.5) is 0 Å². The molecule has 1 heterocycles. The fraction of sp³-hybridized carbons (Fsp3) is 0.611. The van der Waals surface area contributed by atoms with Crippen LogP contribution in [0, 0.1) is 0 Å². The zero-order chi connectivity index (χ0) is 15.1. The van der Waals surface area contributed by atoms with Crippen LogP contribution in [0.3, 0.4) is 0 Å². The van der Waals surface area contributed by atoms with Crippen molar-refractivity contribution in [3.63, 3.8) is 0 Å². The molecule has 1 aromatic heterocycles. The average Bonchev–Trinajstić information content (AvgIpc) is 2.82. The van der Waals surface area contributed by atoms with E-state index >= 15 is 0 Å². The molecular weight excluding hydrogens is 258 g/mol. The van der Waals surface area contributed by atoms with Gasteiger partial charge in [-0.05, 0) is 19.5 Å². The SMILES string of the molecule is CCCCCCCC(Cc1nn(C)c2ccccc12)NC. The fourth-order valence-corrected chi connectivity index (χ4v) is 3.02. The number of fused-ring (bicyclic) bond motifs is 1. The molecule has 21 heavy (non-hydrogen) atoms. The Labute approximate surface area is 128 Å². The fourth-order valence-electron chi connectivity index (χ4n) is 3.02. The van der Waals surface area contributed by atoms with E-state index in [1.807, 2.05) is 11.7 Å². The van der Waals surface area contributed by atoms with Gasteiger partial charge in [-0.15, -0.1) is 0 Å². The summed E-state index contributed by atoms with van der Waals surface area (Å²) in [6, 6.07) is 9.05. The highest BCUT2D eigenvalue weighted by Gasteiger charge is 2.13.